The van der Waals surface area contributed by atoms with E-state index in [1.807, 2.05) is 0 Å². The maximum Gasteiger partial charge on any atom is 0.255 e. The summed E-state index contributed by atoms with van der Waals surface area (Å²) in [6.45, 7) is 0.780. The number of anilines is 1. The SMILES string of the molecule is Nc1ncc(Br)cc1C(=O)NCC1(C2CC2)CC1. The molecule has 18 heavy (non-hydrogen) atoms. The minimum absolute atomic E-state index is 0.117. The molecule has 1 aromatic rings. The first kappa shape index (κ1) is 12.0. The summed E-state index contributed by atoms with van der Waals surface area (Å²) in [6, 6.07) is 1.72. The molecule has 2 saturated carbocycles. The van der Waals surface area contributed by atoms with E-state index in [0.717, 1.165) is 16.9 Å². The van der Waals surface area contributed by atoms with E-state index >= 15 is 0 Å². The van der Waals surface area contributed by atoms with Gasteiger partial charge >= 0.3 is 0 Å². The van der Waals surface area contributed by atoms with Crippen LogP contribution < -0.4 is 11.1 Å². The normalized spacial score (nSPS) is 20.5. The zero-order valence-electron chi connectivity index (χ0n) is 10.1. The van der Waals surface area contributed by atoms with Crippen molar-refractivity contribution in [3.05, 3.63) is 22.3 Å². The number of hydrogen-bond donors (Lipinski definition) is 2. The van der Waals surface area contributed by atoms with Gasteiger partial charge in [0.05, 0.1) is 5.56 Å². The van der Waals surface area contributed by atoms with E-state index in [1.165, 1.54) is 25.7 Å². The lowest BCUT2D eigenvalue weighted by Crippen LogP contribution is -2.31. The molecule has 3 N–H and O–H groups in total. The summed E-state index contributed by atoms with van der Waals surface area (Å²) in [5.41, 5.74) is 6.59. The smallest absolute Gasteiger partial charge is 0.255 e. The van der Waals surface area contributed by atoms with Gasteiger partial charge in [-0.05, 0) is 59.0 Å². The van der Waals surface area contributed by atoms with Gasteiger partial charge in [0.2, 0.25) is 0 Å². The number of halogens is 1. The number of nitrogens with one attached hydrogen (secondary N) is 1. The highest BCUT2D eigenvalue weighted by Gasteiger charge is 2.53. The van der Waals surface area contributed by atoms with Crippen LogP contribution in [-0.2, 0) is 0 Å². The first-order valence-electron chi connectivity index (χ1n) is 6.30. The van der Waals surface area contributed by atoms with Crippen LogP contribution in [0.4, 0.5) is 5.82 Å². The molecule has 0 saturated heterocycles. The van der Waals surface area contributed by atoms with E-state index < -0.39 is 0 Å². The van der Waals surface area contributed by atoms with Crippen molar-refractivity contribution >= 4 is 27.7 Å². The van der Waals surface area contributed by atoms with Gasteiger partial charge in [-0.2, -0.15) is 0 Å². The number of rotatable bonds is 4. The van der Waals surface area contributed by atoms with E-state index in [1.54, 1.807) is 12.3 Å². The Morgan fingerprint density at radius 2 is 2.28 bits per heavy atom. The Morgan fingerprint density at radius 3 is 2.89 bits per heavy atom. The zero-order chi connectivity index (χ0) is 12.8. The molecule has 1 heterocycles. The number of hydrogen-bond acceptors (Lipinski definition) is 3. The van der Waals surface area contributed by atoms with Gasteiger partial charge < -0.3 is 11.1 Å². The van der Waals surface area contributed by atoms with E-state index in [2.05, 4.69) is 26.2 Å². The fourth-order valence-corrected chi connectivity index (χ4v) is 2.90. The summed E-state index contributed by atoms with van der Waals surface area (Å²) in [5, 5.41) is 3.01. The second kappa shape index (κ2) is 4.23. The van der Waals surface area contributed by atoms with Crippen molar-refractivity contribution < 1.29 is 4.79 Å². The highest BCUT2D eigenvalue weighted by molar-refractivity contribution is 9.10. The van der Waals surface area contributed by atoms with Gasteiger partial charge in [0.1, 0.15) is 5.82 Å². The minimum Gasteiger partial charge on any atom is -0.383 e. The average Bonchev–Trinajstić information content (AvgIpc) is 3.21. The Labute approximate surface area is 114 Å². The molecule has 0 spiro atoms. The summed E-state index contributed by atoms with van der Waals surface area (Å²) >= 11 is 3.30. The van der Waals surface area contributed by atoms with Crippen LogP contribution in [0.3, 0.4) is 0 Å². The second-order valence-electron chi connectivity index (χ2n) is 5.41. The van der Waals surface area contributed by atoms with E-state index in [0.29, 0.717) is 11.0 Å². The van der Waals surface area contributed by atoms with Crippen LogP contribution in [0.5, 0.6) is 0 Å². The Kier molecular flexibility index (Phi) is 2.81. The highest BCUT2D eigenvalue weighted by atomic mass is 79.9. The first-order valence-corrected chi connectivity index (χ1v) is 7.09. The first-order chi connectivity index (χ1) is 8.61. The Morgan fingerprint density at radius 1 is 1.56 bits per heavy atom. The molecule has 0 atom stereocenters. The third-order valence-electron chi connectivity index (χ3n) is 4.07. The summed E-state index contributed by atoms with van der Waals surface area (Å²) in [5.74, 6) is 1.01. The second-order valence-corrected chi connectivity index (χ2v) is 6.32. The van der Waals surface area contributed by atoms with E-state index in [-0.39, 0.29) is 11.7 Å². The van der Waals surface area contributed by atoms with Gasteiger partial charge in [-0.1, -0.05) is 0 Å². The number of pyridine rings is 1. The van der Waals surface area contributed by atoms with E-state index in [9.17, 15) is 4.79 Å². The number of carbonyl (C=O) groups is 1. The van der Waals surface area contributed by atoms with Crippen LogP contribution in [0.1, 0.15) is 36.0 Å². The standard InChI is InChI=1S/C13H16BrN3O/c14-9-5-10(11(15)16-6-9)12(18)17-7-13(3-4-13)8-1-2-8/h5-6,8H,1-4,7H2,(H2,15,16)(H,17,18). The molecule has 3 rings (SSSR count). The number of aromatic nitrogens is 1. The predicted molar refractivity (Wildman–Crippen MR) is 73.1 cm³/mol. The molecule has 1 amide bonds. The van der Waals surface area contributed by atoms with Crippen molar-refractivity contribution in [2.45, 2.75) is 25.7 Å². The number of carbonyl (C=O) groups excluding carboxylic acids is 1. The third kappa shape index (κ3) is 2.23. The number of nitrogen functional groups attached to an aromatic ring is 1. The fraction of sp³-hybridized carbons (Fsp3) is 0.538. The van der Waals surface area contributed by atoms with Gasteiger partial charge in [0.25, 0.3) is 5.91 Å². The lowest BCUT2D eigenvalue weighted by atomic mass is 10.0. The van der Waals surface area contributed by atoms with Crippen LogP contribution in [0, 0.1) is 11.3 Å². The Balaban J connectivity index is 1.65. The molecule has 0 unspecified atom stereocenters. The van der Waals surface area contributed by atoms with Crippen LogP contribution >= 0.6 is 15.9 Å². The van der Waals surface area contributed by atoms with Gasteiger partial charge in [0, 0.05) is 17.2 Å². The molecule has 2 aliphatic carbocycles. The van der Waals surface area contributed by atoms with Crippen molar-refractivity contribution in [1.29, 1.82) is 0 Å². The van der Waals surface area contributed by atoms with Crippen molar-refractivity contribution in [2.75, 3.05) is 12.3 Å². The molecule has 0 aromatic carbocycles. The molecule has 4 nitrogen and oxygen atoms in total. The summed E-state index contributed by atoms with van der Waals surface area (Å²) in [6.07, 6.45) is 6.76. The van der Waals surface area contributed by atoms with Crippen molar-refractivity contribution in [2.24, 2.45) is 11.3 Å². The molecule has 2 fully saturated rings. The average molecular weight is 310 g/mol. The Bertz CT molecular complexity index is 495. The predicted octanol–water partition coefficient (Wildman–Crippen LogP) is 2.35. The maximum atomic E-state index is 12.1. The van der Waals surface area contributed by atoms with Crippen LogP contribution in [-0.4, -0.2) is 17.4 Å². The molecule has 1 aromatic heterocycles. The topological polar surface area (TPSA) is 68.0 Å². The van der Waals surface area contributed by atoms with E-state index in [4.69, 9.17) is 5.73 Å². The maximum absolute atomic E-state index is 12.1. The van der Waals surface area contributed by atoms with Crippen molar-refractivity contribution in [3.63, 3.8) is 0 Å². The molecule has 0 radical (unpaired) electrons. The largest absolute Gasteiger partial charge is 0.383 e. The quantitative estimate of drug-likeness (QED) is 0.897. The van der Waals surface area contributed by atoms with Crippen LogP contribution in [0.2, 0.25) is 0 Å². The van der Waals surface area contributed by atoms with Gasteiger partial charge in [-0.3, -0.25) is 4.79 Å². The van der Waals surface area contributed by atoms with Crippen LogP contribution in [0.15, 0.2) is 16.7 Å². The van der Waals surface area contributed by atoms with Crippen LogP contribution in [0.25, 0.3) is 0 Å². The van der Waals surface area contributed by atoms with Crippen molar-refractivity contribution in [3.8, 4) is 0 Å². The summed E-state index contributed by atoms with van der Waals surface area (Å²) in [4.78, 5) is 16.1. The van der Waals surface area contributed by atoms with Gasteiger partial charge in [-0.25, -0.2) is 4.98 Å². The highest BCUT2D eigenvalue weighted by Crippen LogP contribution is 2.60. The molecule has 96 valence electrons. The number of amides is 1. The van der Waals surface area contributed by atoms with Gasteiger partial charge in [0.15, 0.2) is 0 Å². The number of nitrogens with two attached hydrogens (primary N) is 1. The number of nitrogens with zero attached hydrogens (tertiary/aromatic N) is 1. The van der Waals surface area contributed by atoms with Crippen molar-refractivity contribution in [1.82, 2.24) is 10.3 Å². The monoisotopic (exact) mass is 309 g/mol. The molecular formula is C13H16BrN3O. The third-order valence-corrected chi connectivity index (χ3v) is 4.50. The summed E-state index contributed by atoms with van der Waals surface area (Å²) in [7, 11) is 0. The zero-order valence-corrected chi connectivity index (χ0v) is 11.7. The minimum atomic E-state index is -0.117. The molecule has 2 aliphatic rings. The lowest BCUT2D eigenvalue weighted by Gasteiger charge is -2.15. The molecule has 0 bridgehead atoms. The Hall–Kier alpha value is -1.10. The molecule has 0 aliphatic heterocycles. The lowest BCUT2D eigenvalue weighted by molar-refractivity contribution is 0.0943. The summed E-state index contributed by atoms with van der Waals surface area (Å²) < 4.78 is 0.769. The molecular weight excluding hydrogens is 294 g/mol. The fourth-order valence-electron chi connectivity index (χ4n) is 2.57. The molecule has 5 heteroatoms. The van der Waals surface area contributed by atoms with Gasteiger partial charge in [-0.15, -0.1) is 0 Å².